The number of rotatable bonds is 5. The molecule has 0 aromatic heterocycles. The molecule has 0 saturated heterocycles. The third kappa shape index (κ3) is 3.50. The van der Waals surface area contributed by atoms with Crippen molar-refractivity contribution in [3.05, 3.63) is 27.7 Å². The average Bonchev–Trinajstić information content (AvgIpc) is 2.20. The molecule has 16 heavy (non-hydrogen) atoms. The zero-order valence-electron chi connectivity index (χ0n) is 9.13. The van der Waals surface area contributed by atoms with E-state index in [0.29, 0.717) is 6.54 Å². The van der Waals surface area contributed by atoms with E-state index in [1.54, 1.807) is 0 Å². The molecule has 1 amide bonds. The van der Waals surface area contributed by atoms with Crippen LogP contribution in [0.5, 0.6) is 5.75 Å². The van der Waals surface area contributed by atoms with Crippen LogP contribution in [0.3, 0.4) is 0 Å². The van der Waals surface area contributed by atoms with Gasteiger partial charge in [0, 0.05) is 16.6 Å². The number of aryl methyl sites for hydroxylation is 1. The fourth-order valence-corrected chi connectivity index (χ4v) is 2.03. The second-order valence-electron chi connectivity index (χ2n) is 3.48. The standard InChI is InChI=1S/C11H15BrN2O2/c1-7-4-9(12)5-8(6-13)11(7)16-3-2-10(14)15/h4-5H,2-3,6,13H2,1H3,(H2,14,15). The molecule has 0 heterocycles. The van der Waals surface area contributed by atoms with Gasteiger partial charge in [0.05, 0.1) is 13.0 Å². The molecule has 5 heteroatoms. The minimum Gasteiger partial charge on any atom is -0.492 e. The number of hydrogen-bond acceptors (Lipinski definition) is 3. The van der Waals surface area contributed by atoms with E-state index in [1.807, 2.05) is 19.1 Å². The van der Waals surface area contributed by atoms with E-state index in [1.165, 1.54) is 0 Å². The second-order valence-corrected chi connectivity index (χ2v) is 4.40. The van der Waals surface area contributed by atoms with Gasteiger partial charge in [-0.1, -0.05) is 15.9 Å². The van der Waals surface area contributed by atoms with Crippen molar-refractivity contribution in [2.45, 2.75) is 19.9 Å². The smallest absolute Gasteiger partial charge is 0.220 e. The Morgan fingerprint density at radius 1 is 1.50 bits per heavy atom. The van der Waals surface area contributed by atoms with E-state index in [-0.39, 0.29) is 18.9 Å². The van der Waals surface area contributed by atoms with Crippen LogP contribution in [0.4, 0.5) is 0 Å². The maximum absolute atomic E-state index is 10.6. The van der Waals surface area contributed by atoms with Crippen molar-refractivity contribution in [2.75, 3.05) is 6.61 Å². The van der Waals surface area contributed by atoms with Crippen LogP contribution in [-0.2, 0) is 11.3 Å². The van der Waals surface area contributed by atoms with Gasteiger partial charge in [0.15, 0.2) is 0 Å². The van der Waals surface area contributed by atoms with Crippen LogP contribution in [0.1, 0.15) is 17.5 Å². The average molecular weight is 287 g/mol. The maximum Gasteiger partial charge on any atom is 0.220 e. The minimum absolute atomic E-state index is 0.208. The Kier molecular flexibility index (Phi) is 4.76. The molecule has 0 saturated carbocycles. The van der Waals surface area contributed by atoms with Gasteiger partial charge in [-0.05, 0) is 24.6 Å². The van der Waals surface area contributed by atoms with Crippen molar-refractivity contribution in [1.29, 1.82) is 0 Å². The third-order valence-electron chi connectivity index (χ3n) is 2.13. The normalized spacial score (nSPS) is 10.2. The minimum atomic E-state index is -0.371. The summed E-state index contributed by atoms with van der Waals surface area (Å²) >= 11 is 3.39. The molecule has 0 fully saturated rings. The van der Waals surface area contributed by atoms with Crippen LogP contribution in [0.15, 0.2) is 16.6 Å². The third-order valence-corrected chi connectivity index (χ3v) is 2.59. The molecule has 0 unspecified atom stereocenters. The quantitative estimate of drug-likeness (QED) is 0.860. The van der Waals surface area contributed by atoms with Crippen molar-refractivity contribution >= 4 is 21.8 Å². The van der Waals surface area contributed by atoms with E-state index in [4.69, 9.17) is 16.2 Å². The van der Waals surface area contributed by atoms with Crippen LogP contribution >= 0.6 is 15.9 Å². The molecule has 0 aliphatic carbocycles. The SMILES string of the molecule is Cc1cc(Br)cc(CN)c1OCCC(N)=O. The van der Waals surface area contributed by atoms with Gasteiger partial charge in [0.2, 0.25) is 5.91 Å². The molecule has 1 aromatic carbocycles. The lowest BCUT2D eigenvalue weighted by atomic mass is 10.1. The number of hydrogen-bond donors (Lipinski definition) is 2. The summed E-state index contributed by atoms with van der Waals surface area (Å²) in [6.07, 6.45) is 0.208. The van der Waals surface area contributed by atoms with Crippen LogP contribution in [0.25, 0.3) is 0 Å². The van der Waals surface area contributed by atoms with Crippen molar-refractivity contribution in [3.8, 4) is 5.75 Å². The summed E-state index contributed by atoms with van der Waals surface area (Å²) in [5.41, 5.74) is 12.6. The van der Waals surface area contributed by atoms with Gasteiger partial charge in [0.1, 0.15) is 5.75 Å². The zero-order chi connectivity index (χ0) is 12.1. The Balaban J connectivity index is 2.81. The van der Waals surface area contributed by atoms with Crippen molar-refractivity contribution < 1.29 is 9.53 Å². The Morgan fingerprint density at radius 2 is 2.19 bits per heavy atom. The van der Waals surface area contributed by atoms with Crippen LogP contribution < -0.4 is 16.2 Å². The Hall–Kier alpha value is -1.07. The van der Waals surface area contributed by atoms with Crippen LogP contribution in [0, 0.1) is 6.92 Å². The molecule has 0 bridgehead atoms. The predicted octanol–water partition coefficient (Wildman–Crippen LogP) is 1.47. The largest absolute Gasteiger partial charge is 0.492 e. The fourth-order valence-electron chi connectivity index (χ4n) is 1.41. The monoisotopic (exact) mass is 286 g/mol. The van der Waals surface area contributed by atoms with E-state index < -0.39 is 0 Å². The Morgan fingerprint density at radius 3 is 2.75 bits per heavy atom. The highest BCUT2D eigenvalue weighted by Gasteiger charge is 2.08. The summed E-state index contributed by atoms with van der Waals surface area (Å²) in [6.45, 7) is 2.61. The summed E-state index contributed by atoms with van der Waals surface area (Å²) in [5.74, 6) is 0.371. The van der Waals surface area contributed by atoms with Gasteiger partial charge in [-0.15, -0.1) is 0 Å². The number of halogens is 1. The number of primary amides is 1. The topological polar surface area (TPSA) is 78.3 Å². The van der Waals surface area contributed by atoms with E-state index in [2.05, 4.69) is 15.9 Å². The van der Waals surface area contributed by atoms with Gasteiger partial charge in [-0.2, -0.15) is 0 Å². The van der Waals surface area contributed by atoms with Gasteiger partial charge >= 0.3 is 0 Å². The molecule has 0 aliphatic heterocycles. The predicted molar refractivity (Wildman–Crippen MR) is 66.1 cm³/mol. The molecule has 1 aromatic rings. The molecule has 0 spiro atoms. The first-order valence-electron chi connectivity index (χ1n) is 4.94. The molecule has 0 aliphatic rings. The highest BCUT2D eigenvalue weighted by atomic mass is 79.9. The van der Waals surface area contributed by atoms with Crippen LogP contribution in [0.2, 0.25) is 0 Å². The molecule has 0 radical (unpaired) electrons. The first kappa shape index (κ1) is 13.0. The molecule has 1 rings (SSSR count). The fraction of sp³-hybridized carbons (Fsp3) is 0.364. The number of carbonyl (C=O) groups excluding carboxylic acids is 1. The molecule has 4 N–H and O–H groups in total. The van der Waals surface area contributed by atoms with Gasteiger partial charge in [-0.25, -0.2) is 0 Å². The zero-order valence-corrected chi connectivity index (χ0v) is 10.7. The van der Waals surface area contributed by atoms with E-state index in [9.17, 15) is 4.79 Å². The number of carbonyl (C=O) groups is 1. The van der Waals surface area contributed by atoms with Crippen molar-refractivity contribution in [2.24, 2.45) is 11.5 Å². The summed E-state index contributed by atoms with van der Waals surface area (Å²) in [7, 11) is 0. The van der Waals surface area contributed by atoms with Gasteiger partial charge in [0.25, 0.3) is 0 Å². The Labute approximate surface area is 103 Å². The summed E-state index contributed by atoms with van der Waals surface area (Å²) in [6, 6.07) is 3.85. The highest BCUT2D eigenvalue weighted by Crippen LogP contribution is 2.27. The lowest BCUT2D eigenvalue weighted by Crippen LogP contribution is -2.15. The highest BCUT2D eigenvalue weighted by molar-refractivity contribution is 9.10. The lowest BCUT2D eigenvalue weighted by molar-refractivity contribution is -0.118. The van der Waals surface area contributed by atoms with Crippen LogP contribution in [-0.4, -0.2) is 12.5 Å². The lowest BCUT2D eigenvalue weighted by Gasteiger charge is -2.13. The van der Waals surface area contributed by atoms with E-state index >= 15 is 0 Å². The summed E-state index contributed by atoms with van der Waals surface area (Å²) < 4.78 is 6.49. The second kappa shape index (κ2) is 5.86. The molecule has 88 valence electrons. The first-order chi connectivity index (χ1) is 7.54. The molecule has 0 atom stereocenters. The molecular weight excluding hydrogens is 272 g/mol. The number of nitrogens with two attached hydrogens (primary N) is 2. The van der Waals surface area contributed by atoms with Gasteiger partial charge < -0.3 is 16.2 Å². The number of ether oxygens (including phenoxy) is 1. The summed E-state index contributed by atoms with van der Waals surface area (Å²) in [5, 5.41) is 0. The number of benzene rings is 1. The van der Waals surface area contributed by atoms with Gasteiger partial charge in [-0.3, -0.25) is 4.79 Å². The van der Waals surface area contributed by atoms with Crippen molar-refractivity contribution in [3.63, 3.8) is 0 Å². The first-order valence-corrected chi connectivity index (χ1v) is 5.74. The number of amides is 1. The van der Waals surface area contributed by atoms with E-state index in [0.717, 1.165) is 21.3 Å². The summed E-state index contributed by atoms with van der Waals surface area (Å²) in [4.78, 5) is 10.6. The molecular formula is C11H15BrN2O2. The maximum atomic E-state index is 10.6. The molecule has 4 nitrogen and oxygen atoms in total. The Bertz CT molecular complexity index is 394. The van der Waals surface area contributed by atoms with Crippen molar-refractivity contribution in [1.82, 2.24) is 0 Å².